The Morgan fingerprint density at radius 1 is 1.15 bits per heavy atom. The van der Waals surface area contributed by atoms with E-state index < -0.39 is 0 Å². The average molecular weight is 490 g/mol. The van der Waals surface area contributed by atoms with Crippen LogP contribution < -0.4 is 5.32 Å². The van der Waals surface area contributed by atoms with Crippen molar-refractivity contribution < 1.29 is 9.47 Å². The summed E-state index contributed by atoms with van der Waals surface area (Å²) < 4.78 is 11.6. The molecule has 0 bridgehead atoms. The summed E-state index contributed by atoms with van der Waals surface area (Å²) in [6.07, 6.45) is 7.03. The molecule has 5 fully saturated rings. The lowest BCUT2D eigenvalue weighted by Gasteiger charge is -2.63. The molecule has 0 aromatic carbocycles. The fraction of sp³-hybridized carbons (Fsp3) is 0.950. The van der Waals surface area contributed by atoms with Crippen molar-refractivity contribution >= 4 is 29.9 Å². The zero-order chi connectivity index (χ0) is 17.6. The van der Waals surface area contributed by atoms with Crippen LogP contribution in [0.3, 0.4) is 0 Å². The molecule has 0 aromatic heterocycles. The Kier molecular flexibility index (Phi) is 6.21. The Hall–Kier alpha value is -0.120. The normalized spacial score (nSPS) is 38.1. The highest BCUT2D eigenvalue weighted by Crippen LogP contribution is 2.62. The van der Waals surface area contributed by atoms with Gasteiger partial charge < -0.3 is 19.7 Å². The summed E-state index contributed by atoms with van der Waals surface area (Å²) in [6.45, 7) is 10.1. The number of nitrogens with zero attached hydrogens (tertiary/aromatic N) is 3. The minimum atomic E-state index is 0. The van der Waals surface area contributed by atoms with Crippen molar-refractivity contribution in [2.45, 2.75) is 57.2 Å². The predicted octanol–water partition coefficient (Wildman–Crippen LogP) is 1.93. The third-order valence-electron chi connectivity index (χ3n) is 7.65. The highest BCUT2D eigenvalue weighted by molar-refractivity contribution is 14.0. The summed E-state index contributed by atoms with van der Waals surface area (Å²) in [5.74, 6) is 1.86. The van der Waals surface area contributed by atoms with Gasteiger partial charge in [-0.15, -0.1) is 24.0 Å². The standard InChI is InChI=1S/C20H34N4O2.HI/c1-2-21-19(24-8-4-15(14-24)23-9-12-25-13-10-23)22-17-16-5-11-26-18(16)20(17)6-3-7-20;/h15-18H,2-14H2,1H3,(H,21,22);1H. The van der Waals surface area contributed by atoms with E-state index in [1.807, 2.05) is 0 Å². The third kappa shape index (κ3) is 3.40. The van der Waals surface area contributed by atoms with Gasteiger partial charge in [0.15, 0.2) is 5.96 Å². The van der Waals surface area contributed by atoms with Crippen LogP contribution in [0.15, 0.2) is 4.99 Å². The first-order chi connectivity index (χ1) is 12.8. The van der Waals surface area contributed by atoms with Crippen molar-refractivity contribution in [2.24, 2.45) is 16.3 Å². The molecule has 0 aromatic rings. The van der Waals surface area contributed by atoms with E-state index in [1.165, 1.54) is 32.1 Å². The van der Waals surface area contributed by atoms with E-state index in [9.17, 15) is 0 Å². The number of morpholine rings is 1. The van der Waals surface area contributed by atoms with Gasteiger partial charge in [0.25, 0.3) is 0 Å². The van der Waals surface area contributed by atoms with Gasteiger partial charge in [-0.3, -0.25) is 9.89 Å². The highest BCUT2D eigenvalue weighted by Gasteiger charge is 2.66. The van der Waals surface area contributed by atoms with Crippen LogP contribution in [0.5, 0.6) is 0 Å². The van der Waals surface area contributed by atoms with E-state index in [0.29, 0.717) is 29.5 Å². The molecule has 1 spiro atoms. The largest absolute Gasteiger partial charge is 0.379 e. The first-order valence-corrected chi connectivity index (χ1v) is 10.8. The van der Waals surface area contributed by atoms with Gasteiger partial charge in [-0.1, -0.05) is 6.42 Å². The van der Waals surface area contributed by atoms with Crippen molar-refractivity contribution in [2.75, 3.05) is 52.5 Å². The van der Waals surface area contributed by atoms with E-state index in [0.717, 1.165) is 58.5 Å². The molecule has 0 amide bonds. The Bertz CT molecular complexity index is 550. The minimum absolute atomic E-state index is 0. The second-order valence-corrected chi connectivity index (χ2v) is 8.79. The maximum Gasteiger partial charge on any atom is 0.194 e. The van der Waals surface area contributed by atoms with Crippen LogP contribution in [0.2, 0.25) is 0 Å². The molecule has 5 aliphatic rings. The van der Waals surface area contributed by atoms with Crippen LogP contribution in [0.1, 0.15) is 39.0 Å². The molecule has 7 heteroatoms. The molecule has 4 atom stereocenters. The molecule has 3 saturated heterocycles. The van der Waals surface area contributed by atoms with Gasteiger partial charge >= 0.3 is 0 Å². The molecule has 2 aliphatic carbocycles. The molecule has 5 rings (SSSR count). The highest BCUT2D eigenvalue weighted by atomic mass is 127. The second-order valence-electron chi connectivity index (χ2n) is 8.79. The van der Waals surface area contributed by atoms with Crippen molar-refractivity contribution in [1.29, 1.82) is 0 Å². The van der Waals surface area contributed by atoms with Gasteiger partial charge in [-0.25, -0.2) is 0 Å². The summed E-state index contributed by atoms with van der Waals surface area (Å²) in [5, 5.41) is 3.94. The Labute approximate surface area is 180 Å². The van der Waals surface area contributed by atoms with Crippen LogP contribution in [0.4, 0.5) is 0 Å². The molecule has 1 N–H and O–H groups in total. The fourth-order valence-electron chi connectivity index (χ4n) is 6.16. The number of ether oxygens (including phenoxy) is 2. The van der Waals surface area contributed by atoms with E-state index in [4.69, 9.17) is 14.5 Å². The Morgan fingerprint density at radius 2 is 1.96 bits per heavy atom. The summed E-state index contributed by atoms with van der Waals surface area (Å²) in [5.41, 5.74) is 0.416. The number of nitrogens with one attached hydrogen (secondary N) is 1. The molecule has 4 unspecified atom stereocenters. The van der Waals surface area contributed by atoms with Crippen LogP contribution in [0.25, 0.3) is 0 Å². The van der Waals surface area contributed by atoms with Crippen LogP contribution in [-0.2, 0) is 9.47 Å². The number of aliphatic imine (C=N–C) groups is 1. The fourth-order valence-corrected chi connectivity index (χ4v) is 6.16. The molecule has 2 saturated carbocycles. The van der Waals surface area contributed by atoms with Gasteiger partial charge in [-0.05, 0) is 32.6 Å². The van der Waals surface area contributed by atoms with E-state index in [-0.39, 0.29) is 24.0 Å². The Balaban J connectivity index is 0.00000180. The van der Waals surface area contributed by atoms with E-state index in [2.05, 4.69) is 22.0 Å². The molecule has 3 heterocycles. The SMILES string of the molecule is CCN=C(NC1C2CCOC2C12CCC2)N1CCC(N2CCOCC2)C1.I. The van der Waals surface area contributed by atoms with Crippen molar-refractivity contribution in [3.05, 3.63) is 0 Å². The van der Waals surface area contributed by atoms with Crippen LogP contribution >= 0.6 is 24.0 Å². The molecule has 154 valence electrons. The maximum atomic E-state index is 6.09. The summed E-state index contributed by atoms with van der Waals surface area (Å²) in [6, 6.07) is 1.24. The number of fused-ring (bicyclic) bond motifs is 2. The zero-order valence-corrected chi connectivity index (χ0v) is 18.9. The minimum Gasteiger partial charge on any atom is -0.379 e. The number of hydrogen-bond donors (Lipinski definition) is 1. The van der Waals surface area contributed by atoms with Crippen LogP contribution in [0, 0.1) is 11.3 Å². The third-order valence-corrected chi connectivity index (χ3v) is 7.65. The van der Waals surface area contributed by atoms with Crippen LogP contribution in [-0.4, -0.2) is 86.5 Å². The topological polar surface area (TPSA) is 49.3 Å². The van der Waals surface area contributed by atoms with Gasteiger partial charge in [0.2, 0.25) is 0 Å². The lowest BCUT2D eigenvalue weighted by atomic mass is 9.46. The number of halogens is 1. The summed E-state index contributed by atoms with van der Waals surface area (Å²) in [4.78, 5) is 10.0. The van der Waals surface area contributed by atoms with Crippen molar-refractivity contribution in [3.8, 4) is 0 Å². The Morgan fingerprint density at radius 3 is 2.67 bits per heavy atom. The number of hydrogen-bond acceptors (Lipinski definition) is 4. The molecule has 6 nitrogen and oxygen atoms in total. The zero-order valence-electron chi connectivity index (χ0n) is 16.6. The molecular formula is C20H35IN4O2. The van der Waals surface area contributed by atoms with Gasteiger partial charge in [0.1, 0.15) is 0 Å². The van der Waals surface area contributed by atoms with Crippen molar-refractivity contribution in [3.63, 3.8) is 0 Å². The van der Waals surface area contributed by atoms with E-state index >= 15 is 0 Å². The lowest BCUT2D eigenvalue weighted by molar-refractivity contribution is -0.171. The predicted molar refractivity (Wildman–Crippen MR) is 117 cm³/mol. The molecular weight excluding hydrogens is 455 g/mol. The molecule has 3 aliphatic heterocycles. The first-order valence-electron chi connectivity index (χ1n) is 10.8. The lowest BCUT2D eigenvalue weighted by Crippen LogP contribution is -2.72. The maximum absolute atomic E-state index is 6.09. The van der Waals surface area contributed by atoms with Gasteiger partial charge in [0, 0.05) is 62.7 Å². The number of rotatable bonds is 3. The van der Waals surface area contributed by atoms with Gasteiger partial charge in [-0.2, -0.15) is 0 Å². The summed E-state index contributed by atoms with van der Waals surface area (Å²) >= 11 is 0. The van der Waals surface area contributed by atoms with Gasteiger partial charge in [0.05, 0.1) is 19.3 Å². The second kappa shape index (κ2) is 8.32. The number of likely N-dealkylation sites (tertiary alicyclic amines) is 1. The first kappa shape index (κ1) is 20.2. The summed E-state index contributed by atoms with van der Waals surface area (Å²) in [7, 11) is 0. The monoisotopic (exact) mass is 490 g/mol. The smallest absolute Gasteiger partial charge is 0.194 e. The average Bonchev–Trinajstić information content (AvgIpc) is 3.26. The number of guanidine groups is 1. The quantitative estimate of drug-likeness (QED) is 0.373. The van der Waals surface area contributed by atoms with Crippen molar-refractivity contribution in [1.82, 2.24) is 15.1 Å². The molecule has 0 radical (unpaired) electrons. The van der Waals surface area contributed by atoms with E-state index in [1.54, 1.807) is 0 Å². The molecule has 27 heavy (non-hydrogen) atoms.